The number of carbonyl (C=O) groups excluding carboxylic acids is 3. The number of rotatable bonds is 6. The lowest BCUT2D eigenvalue weighted by atomic mass is 9.96. The predicted molar refractivity (Wildman–Crippen MR) is 103 cm³/mol. The molecule has 0 fully saturated rings. The summed E-state index contributed by atoms with van der Waals surface area (Å²) >= 11 is 1.12. The largest absolute Gasteiger partial charge is 0.467 e. The number of carbonyl (C=O) groups is 3. The highest BCUT2D eigenvalue weighted by Gasteiger charge is 2.23. The van der Waals surface area contributed by atoms with Crippen LogP contribution in [-0.4, -0.2) is 24.4 Å². The molecule has 0 aliphatic carbocycles. The Morgan fingerprint density at radius 3 is 2.59 bits per heavy atom. The normalized spacial score (nSPS) is 12.3. The fourth-order valence-corrected chi connectivity index (χ4v) is 3.10. The van der Waals surface area contributed by atoms with E-state index in [0.717, 1.165) is 11.3 Å². The summed E-state index contributed by atoms with van der Waals surface area (Å²) in [6.45, 7) is 8.54. The minimum Gasteiger partial charge on any atom is -0.467 e. The predicted octanol–water partition coefficient (Wildman–Crippen LogP) is 3.67. The van der Waals surface area contributed by atoms with Crippen LogP contribution in [0.2, 0.25) is 0 Å². The van der Waals surface area contributed by atoms with Gasteiger partial charge in [-0.3, -0.25) is 9.59 Å². The number of esters is 1. The van der Waals surface area contributed by atoms with E-state index < -0.39 is 23.9 Å². The van der Waals surface area contributed by atoms with Gasteiger partial charge < -0.3 is 19.8 Å². The van der Waals surface area contributed by atoms with Gasteiger partial charge in [0.2, 0.25) is 5.91 Å². The highest BCUT2D eigenvalue weighted by Crippen LogP contribution is 2.29. The molecule has 8 heteroatoms. The molecule has 2 aromatic rings. The van der Waals surface area contributed by atoms with Crippen molar-refractivity contribution in [2.45, 2.75) is 40.7 Å². The number of furan rings is 1. The van der Waals surface area contributed by atoms with Crippen LogP contribution in [0.25, 0.3) is 0 Å². The summed E-state index contributed by atoms with van der Waals surface area (Å²) in [5.41, 5.74) is 0.139. The van der Waals surface area contributed by atoms with Gasteiger partial charge >= 0.3 is 5.97 Å². The molecule has 0 aliphatic rings. The van der Waals surface area contributed by atoms with Crippen molar-refractivity contribution in [1.29, 1.82) is 0 Å². The summed E-state index contributed by atoms with van der Waals surface area (Å²) in [5.74, 6) is -0.560. The van der Waals surface area contributed by atoms with Gasteiger partial charge in [-0.15, -0.1) is 11.3 Å². The first-order chi connectivity index (χ1) is 12.6. The monoisotopic (exact) mass is 392 g/mol. The molecule has 0 aromatic carbocycles. The molecule has 0 radical (unpaired) electrons. The number of nitrogens with one attached hydrogen (secondary N) is 2. The van der Waals surface area contributed by atoms with Crippen LogP contribution in [0.5, 0.6) is 0 Å². The molecule has 2 rings (SSSR count). The molecule has 2 amide bonds. The molecule has 2 N–H and O–H groups in total. The second-order valence-electron chi connectivity index (χ2n) is 7.21. The van der Waals surface area contributed by atoms with Gasteiger partial charge in [0, 0.05) is 5.41 Å². The number of amides is 2. The zero-order valence-electron chi connectivity index (χ0n) is 16.0. The zero-order valence-corrected chi connectivity index (χ0v) is 16.9. The van der Waals surface area contributed by atoms with E-state index in [1.54, 1.807) is 52.8 Å². The molecule has 27 heavy (non-hydrogen) atoms. The number of anilines is 1. The van der Waals surface area contributed by atoms with Crippen molar-refractivity contribution in [3.63, 3.8) is 0 Å². The van der Waals surface area contributed by atoms with Crippen LogP contribution in [0.3, 0.4) is 0 Å². The van der Waals surface area contributed by atoms with Crippen LogP contribution in [0.15, 0.2) is 28.9 Å². The van der Waals surface area contributed by atoms with Crippen molar-refractivity contribution < 1.29 is 23.5 Å². The smallest absolute Gasteiger partial charge is 0.349 e. The number of ether oxygens (including phenoxy) is 1. The van der Waals surface area contributed by atoms with Gasteiger partial charge in [0.1, 0.15) is 10.6 Å². The van der Waals surface area contributed by atoms with E-state index in [-0.39, 0.29) is 11.9 Å². The molecule has 2 heterocycles. The Kier molecular flexibility index (Phi) is 6.43. The molecule has 146 valence electrons. The highest BCUT2D eigenvalue weighted by molar-refractivity contribution is 7.18. The molecule has 0 spiro atoms. The van der Waals surface area contributed by atoms with Crippen molar-refractivity contribution in [2.24, 2.45) is 5.41 Å². The summed E-state index contributed by atoms with van der Waals surface area (Å²) < 4.78 is 10.3. The van der Waals surface area contributed by atoms with Gasteiger partial charge in [-0.05, 0) is 37.6 Å². The van der Waals surface area contributed by atoms with Crippen molar-refractivity contribution >= 4 is 34.1 Å². The average Bonchev–Trinajstić information content (AvgIpc) is 3.21. The van der Waals surface area contributed by atoms with E-state index in [4.69, 9.17) is 9.15 Å². The van der Waals surface area contributed by atoms with Crippen LogP contribution < -0.4 is 10.6 Å². The maximum atomic E-state index is 12.3. The van der Waals surface area contributed by atoms with Crippen molar-refractivity contribution in [3.8, 4) is 0 Å². The van der Waals surface area contributed by atoms with Crippen molar-refractivity contribution in [1.82, 2.24) is 5.32 Å². The van der Waals surface area contributed by atoms with Crippen LogP contribution in [0, 0.1) is 12.3 Å². The Bertz CT molecular complexity index is 818. The molecule has 0 bridgehead atoms. The molecule has 1 atom stereocenters. The fourth-order valence-electron chi connectivity index (χ4n) is 2.13. The number of hydrogen-bond acceptors (Lipinski definition) is 6. The quantitative estimate of drug-likeness (QED) is 0.731. The average molecular weight is 392 g/mol. The lowest BCUT2D eigenvalue weighted by Crippen LogP contribution is -2.30. The first kappa shape index (κ1) is 20.7. The van der Waals surface area contributed by atoms with Gasteiger partial charge in [0.05, 0.1) is 17.3 Å². The second kappa shape index (κ2) is 8.39. The first-order valence-electron chi connectivity index (χ1n) is 8.49. The van der Waals surface area contributed by atoms with E-state index in [1.165, 1.54) is 6.26 Å². The molecular formula is C19H24N2O5S. The standard InChI is InChI=1S/C19H24N2O5S/c1-11-9-15(21-18(24)19(3,4)5)27-16(11)17(23)26-10-14(22)20-12(2)13-7-6-8-25-13/h6-9,12H,10H2,1-5H3,(H,20,22)(H,21,24)/t12-/m0/s1. The third-order valence-electron chi connectivity index (χ3n) is 3.70. The van der Waals surface area contributed by atoms with Crippen LogP contribution in [-0.2, 0) is 14.3 Å². The minimum absolute atomic E-state index is 0.144. The van der Waals surface area contributed by atoms with Gasteiger partial charge in [0.25, 0.3) is 5.91 Å². The van der Waals surface area contributed by atoms with E-state index in [0.29, 0.717) is 21.2 Å². The van der Waals surface area contributed by atoms with E-state index in [9.17, 15) is 14.4 Å². The van der Waals surface area contributed by atoms with Gasteiger partial charge in [-0.1, -0.05) is 20.8 Å². The zero-order chi connectivity index (χ0) is 20.2. The molecule has 0 unspecified atom stereocenters. The molecule has 0 aliphatic heterocycles. The Hall–Kier alpha value is -2.61. The molecule has 2 aromatic heterocycles. The summed E-state index contributed by atoms with van der Waals surface area (Å²) in [4.78, 5) is 36.6. The molecular weight excluding hydrogens is 368 g/mol. The summed E-state index contributed by atoms with van der Waals surface area (Å²) in [7, 11) is 0. The number of aryl methyl sites for hydroxylation is 1. The maximum Gasteiger partial charge on any atom is 0.349 e. The topological polar surface area (TPSA) is 97.6 Å². The second-order valence-corrected chi connectivity index (χ2v) is 8.26. The Morgan fingerprint density at radius 2 is 2.00 bits per heavy atom. The fraction of sp³-hybridized carbons (Fsp3) is 0.421. The molecule has 0 saturated carbocycles. The number of hydrogen-bond donors (Lipinski definition) is 2. The lowest BCUT2D eigenvalue weighted by molar-refractivity contribution is -0.125. The molecule has 0 saturated heterocycles. The Morgan fingerprint density at radius 1 is 1.30 bits per heavy atom. The van der Waals surface area contributed by atoms with Crippen LogP contribution in [0.4, 0.5) is 5.00 Å². The summed E-state index contributed by atoms with van der Waals surface area (Å²) in [6.07, 6.45) is 1.52. The number of thiophene rings is 1. The third-order valence-corrected chi connectivity index (χ3v) is 4.84. The van der Waals surface area contributed by atoms with Gasteiger partial charge in [0.15, 0.2) is 6.61 Å². The first-order valence-corrected chi connectivity index (χ1v) is 9.31. The van der Waals surface area contributed by atoms with E-state index >= 15 is 0 Å². The minimum atomic E-state index is -0.602. The highest BCUT2D eigenvalue weighted by atomic mass is 32.1. The lowest BCUT2D eigenvalue weighted by Gasteiger charge is -2.16. The molecule has 7 nitrogen and oxygen atoms in total. The Labute approximate surface area is 162 Å². The van der Waals surface area contributed by atoms with Gasteiger partial charge in [-0.25, -0.2) is 4.79 Å². The van der Waals surface area contributed by atoms with Crippen LogP contribution in [0.1, 0.15) is 54.7 Å². The summed E-state index contributed by atoms with van der Waals surface area (Å²) in [6, 6.07) is 4.87. The third kappa shape index (κ3) is 5.68. The maximum absolute atomic E-state index is 12.3. The van der Waals surface area contributed by atoms with E-state index in [1.807, 2.05) is 0 Å². The summed E-state index contributed by atoms with van der Waals surface area (Å²) in [5, 5.41) is 6.04. The van der Waals surface area contributed by atoms with Crippen LogP contribution >= 0.6 is 11.3 Å². The van der Waals surface area contributed by atoms with Crippen molar-refractivity contribution in [2.75, 3.05) is 11.9 Å². The van der Waals surface area contributed by atoms with Gasteiger partial charge in [-0.2, -0.15) is 0 Å². The van der Waals surface area contributed by atoms with E-state index in [2.05, 4.69) is 10.6 Å². The Balaban J connectivity index is 1.90. The SMILES string of the molecule is Cc1cc(NC(=O)C(C)(C)C)sc1C(=O)OCC(=O)N[C@@H](C)c1ccco1. The van der Waals surface area contributed by atoms with Crippen molar-refractivity contribution in [3.05, 3.63) is 40.7 Å².